The second-order valence-electron chi connectivity index (χ2n) is 2.34. The molecule has 1 rings (SSSR count). The lowest BCUT2D eigenvalue weighted by atomic mass is 10.3. The van der Waals surface area contributed by atoms with Crippen LogP contribution in [0.4, 0.5) is 0 Å². The average Bonchev–Trinajstić information content (AvgIpc) is 2.50. The summed E-state index contributed by atoms with van der Waals surface area (Å²) in [4.78, 5) is 4.14. The number of nitrogens with zero attached hydrogens (tertiary/aromatic N) is 2. The van der Waals surface area contributed by atoms with Gasteiger partial charge in [0, 0.05) is 31.1 Å². The minimum absolute atomic E-state index is 0.469. The molecule has 60 valence electrons. The van der Waals surface area contributed by atoms with Crippen molar-refractivity contribution >= 4 is 5.57 Å². The van der Waals surface area contributed by atoms with Crippen LogP contribution in [0.5, 0.6) is 0 Å². The molecule has 11 heavy (non-hydrogen) atoms. The summed E-state index contributed by atoms with van der Waals surface area (Å²) in [6.45, 7) is 7.26. The topological polar surface area (TPSA) is 43.8 Å². The van der Waals surface area contributed by atoms with Gasteiger partial charge in [0.2, 0.25) is 0 Å². The molecule has 0 atom stereocenters. The summed E-state index contributed by atoms with van der Waals surface area (Å²) in [5, 5.41) is 0. The molecule has 3 heteroatoms. The van der Waals surface area contributed by atoms with Crippen LogP contribution in [-0.2, 0) is 6.54 Å². The quantitative estimate of drug-likeness (QED) is 0.696. The third-order valence-corrected chi connectivity index (χ3v) is 1.62. The number of aromatic nitrogens is 2. The van der Waals surface area contributed by atoms with Crippen molar-refractivity contribution in [3.05, 3.63) is 24.8 Å². The molecule has 0 saturated carbocycles. The summed E-state index contributed by atoms with van der Waals surface area (Å²) in [6, 6.07) is 0. The Morgan fingerprint density at radius 1 is 1.82 bits per heavy atom. The molecule has 0 amide bonds. The van der Waals surface area contributed by atoms with Crippen LogP contribution in [-0.4, -0.2) is 16.1 Å². The van der Waals surface area contributed by atoms with Gasteiger partial charge in [0.15, 0.2) is 0 Å². The molecular formula is C8H13N3. The lowest BCUT2D eigenvalue weighted by Crippen LogP contribution is -2.07. The summed E-state index contributed by atoms with van der Waals surface area (Å²) in [6.07, 6.45) is 3.69. The normalized spacial score (nSPS) is 10.0. The third kappa shape index (κ3) is 1.49. The first-order valence-corrected chi connectivity index (χ1v) is 3.69. The minimum Gasteiger partial charge on any atom is -0.332 e. The maximum atomic E-state index is 5.43. The van der Waals surface area contributed by atoms with Crippen molar-refractivity contribution < 1.29 is 0 Å². The Kier molecular flexibility index (Phi) is 2.44. The standard InChI is InChI=1S/C8H13N3/c1-3-11-5-4-10-8(11)7(2)6-9/h4-5H,2-3,6,9H2,1H3. The minimum atomic E-state index is 0.469. The Morgan fingerprint density at radius 3 is 3.09 bits per heavy atom. The first kappa shape index (κ1) is 8.01. The van der Waals surface area contributed by atoms with Crippen molar-refractivity contribution in [3.8, 4) is 0 Å². The molecule has 0 aliphatic heterocycles. The fraction of sp³-hybridized carbons (Fsp3) is 0.375. The summed E-state index contributed by atoms with van der Waals surface area (Å²) in [5.74, 6) is 0.898. The van der Waals surface area contributed by atoms with Gasteiger partial charge in [0.1, 0.15) is 5.82 Å². The predicted molar refractivity (Wildman–Crippen MR) is 46.0 cm³/mol. The van der Waals surface area contributed by atoms with Crippen LogP contribution in [0, 0.1) is 0 Å². The second-order valence-corrected chi connectivity index (χ2v) is 2.34. The average molecular weight is 151 g/mol. The molecule has 1 heterocycles. The van der Waals surface area contributed by atoms with Crippen LogP contribution in [0.25, 0.3) is 5.57 Å². The van der Waals surface area contributed by atoms with Gasteiger partial charge in [-0.1, -0.05) is 6.58 Å². The van der Waals surface area contributed by atoms with Crippen LogP contribution in [0.2, 0.25) is 0 Å². The Hall–Kier alpha value is -1.09. The molecule has 0 spiro atoms. The Bertz CT molecular complexity index is 250. The van der Waals surface area contributed by atoms with E-state index in [1.807, 2.05) is 10.8 Å². The molecule has 0 radical (unpaired) electrons. The maximum Gasteiger partial charge on any atom is 0.136 e. The second kappa shape index (κ2) is 3.34. The summed E-state index contributed by atoms with van der Waals surface area (Å²) < 4.78 is 2.02. The first-order valence-electron chi connectivity index (χ1n) is 3.69. The number of nitrogens with two attached hydrogens (primary N) is 1. The van der Waals surface area contributed by atoms with Crippen LogP contribution in [0.1, 0.15) is 12.7 Å². The van der Waals surface area contributed by atoms with E-state index in [0.29, 0.717) is 6.54 Å². The number of aryl methyl sites for hydroxylation is 1. The van der Waals surface area contributed by atoms with Crippen molar-refractivity contribution in [2.75, 3.05) is 6.54 Å². The smallest absolute Gasteiger partial charge is 0.136 e. The fourth-order valence-electron chi connectivity index (χ4n) is 0.970. The molecule has 0 bridgehead atoms. The zero-order chi connectivity index (χ0) is 8.27. The van der Waals surface area contributed by atoms with Gasteiger partial charge in [-0.05, 0) is 6.92 Å². The third-order valence-electron chi connectivity index (χ3n) is 1.62. The molecule has 0 aromatic carbocycles. The van der Waals surface area contributed by atoms with Gasteiger partial charge in [-0.25, -0.2) is 4.98 Å². The molecule has 3 nitrogen and oxygen atoms in total. The highest BCUT2D eigenvalue weighted by Gasteiger charge is 2.02. The van der Waals surface area contributed by atoms with Gasteiger partial charge < -0.3 is 10.3 Å². The lowest BCUT2D eigenvalue weighted by Gasteiger charge is -2.04. The Labute approximate surface area is 66.5 Å². The van der Waals surface area contributed by atoms with E-state index >= 15 is 0 Å². The van der Waals surface area contributed by atoms with E-state index in [-0.39, 0.29) is 0 Å². The fourth-order valence-corrected chi connectivity index (χ4v) is 0.970. The molecule has 0 aliphatic rings. The zero-order valence-corrected chi connectivity index (χ0v) is 6.75. The first-order chi connectivity index (χ1) is 5.29. The Balaban J connectivity index is 2.92. The summed E-state index contributed by atoms with van der Waals surface area (Å²) in [7, 11) is 0. The SMILES string of the molecule is C=C(CN)c1nccn1CC. The number of rotatable bonds is 3. The van der Waals surface area contributed by atoms with Gasteiger partial charge in [-0.15, -0.1) is 0 Å². The van der Waals surface area contributed by atoms with Crippen LogP contribution >= 0.6 is 0 Å². The van der Waals surface area contributed by atoms with Crippen LogP contribution < -0.4 is 5.73 Å². The van der Waals surface area contributed by atoms with Gasteiger partial charge in [0.05, 0.1) is 0 Å². The highest BCUT2D eigenvalue weighted by molar-refractivity contribution is 5.58. The molecule has 0 fully saturated rings. The summed E-state index contributed by atoms with van der Waals surface area (Å²) >= 11 is 0. The van der Waals surface area contributed by atoms with Crippen LogP contribution in [0.15, 0.2) is 19.0 Å². The molecule has 0 unspecified atom stereocenters. The Morgan fingerprint density at radius 2 is 2.55 bits per heavy atom. The molecule has 1 aromatic rings. The largest absolute Gasteiger partial charge is 0.332 e. The number of imidazole rings is 1. The summed E-state index contributed by atoms with van der Waals surface area (Å²) in [5.41, 5.74) is 6.32. The van der Waals surface area contributed by atoms with Crippen molar-refractivity contribution in [2.45, 2.75) is 13.5 Å². The van der Waals surface area contributed by atoms with Gasteiger partial charge in [0.25, 0.3) is 0 Å². The van der Waals surface area contributed by atoms with E-state index in [0.717, 1.165) is 17.9 Å². The van der Waals surface area contributed by atoms with E-state index in [2.05, 4.69) is 18.5 Å². The van der Waals surface area contributed by atoms with Crippen molar-refractivity contribution in [3.63, 3.8) is 0 Å². The van der Waals surface area contributed by atoms with Crippen molar-refractivity contribution in [2.24, 2.45) is 5.73 Å². The molecule has 2 N–H and O–H groups in total. The number of hydrogen-bond donors (Lipinski definition) is 1. The van der Waals surface area contributed by atoms with Gasteiger partial charge in [-0.2, -0.15) is 0 Å². The van der Waals surface area contributed by atoms with Crippen molar-refractivity contribution in [1.82, 2.24) is 9.55 Å². The van der Waals surface area contributed by atoms with E-state index in [4.69, 9.17) is 5.73 Å². The molecule has 0 saturated heterocycles. The van der Waals surface area contributed by atoms with Gasteiger partial charge in [-0.3, -0.25) is 0 Å². The van der Waals surface area contributed by atoms with E-state index in [9.17, 15) is 0 Å². The van der Waals surface area contributed by atoms with E-state index < -0.39 is 0 Å². The molecule has 1 aromatic heterocycles. The molecule has 0 aliphatic carbocycles. The highest BCUT2D eigenvalue weighted by Crippen LogP contribution is 2.07. The lowest BCUT2D eigenvalue weighted by molar-refractivity contribution is 0.746. The predicted octanol–water partition coefficient (Wildman–Crippen LogP) is 0.875. The number of hydrogen-bond acceptors (Lipinski definition) is 2. The monoisotopic (exact) mass is 151 g/mol. The molecular weight excluding hydrogens is 138 g/mol. The van der Waals surface area contributed by atoms with E-state index in [1.54, 1.807) is 6.20 Å². The maximum absolute atomic E-state index is 5.43. The highest BCUT2D eigenvalue weighted by atomic mass is 15.1. The van der Waals surface area contributed by atoms with Gasteiger partial charge >= 0.3 is 0 Å². The van der Waals surface area contributed by atoms with Crippen molar-refractivity contribution in [1.29, 1.82) is 0 Å². The van der Waals surface area contributed by atoms with Crippen LogP contribution in [0.3, 0.4) is 0 Å². The zero-order valence-electron chi connectivity index (χ0n) is 6.75. The van der Waals surface area contributed by atoms with E-state index in [1.165, 1.54) is 0 Å².